The second-order valence-corrected chi connectivity index (χ2v) is 13.9. The maximum Gasteiger partial charge on any atom is 2.00 e. The number of hydrogen-bond acceptors (Lipinski definition) is 6. The first-order valence-corrected chi connectivity index (χ1v) is 20.3. The van der Waals surface area contributed by atoms with Gasteiger partial charge in [-0.3, -0.25) is 9.59 Å². The average Bonchev–Trinajstić information content (AvgIpc) is 3.07. The fourth-order valence-electron chi connectivity index (χ4n) is 5.64. The first kappa shape index (κ1) is 53.3. The van der Waals surface area contributed by atoms with Gasteiger partial charge in [0, 0.05) is 26.9 Å². The van der Waals surface area contributed by atoms with Crippen LogP contribution in [-0.4, -0.2) is 60.7 Å². The molecule has 0 aromatic rings. The maximum atomic E-state index is 11.6. The van der Waals surface area contributed by atoms with Gasteiger partial charge in [0.15, 0.2) is 0 Å². The fourth-order valence-corrected chi connectivity index (χ4v) is 5.64. The third-order valence-electron chi connectivity index (χ3n) is 8.89. The van der Waals surface area contributed by atoms with Crippen molar-refractivity contribution in [2.75, 3.05) is 27.2 Å². The smallest absolute Gasteiger partial charge is 0.548 e. The van der Waals surface area contributed by atoms with E-state index in [2.05, 4.69) is 38.2 Å². The van der Waals surface area contributed by atoms with Crippen LogP contribution in [0.2, 0.25) is 0 Å². The topological polar surface area (TPSA) is 121 Å². The first-order valence-electron chi connectivity index (χ1n) is 20.3. The number of nitrogens with zero attached hydrogens (tertiary/aromatic N) is 2. The van der Waals surface area contributed by atoms with Crippen molar-refractivity contribution in [1.29, 1.82) is 0 Å². The predicted molar refractivity (Wildman–Crippen MR) is 204 cm³/mol. The van der Waals surface area contributed by atoms with E-state index in [4.69, 9.17) is 0 Å². The molecule has 0 rings (SSSR count). The monoisotopic (exact) mass is 768 g/mol. The van der Waals surface area contributed by atoms with Gasteiger partial charge in [-0.2, -0.15) is 0 Å². The van der Waals surface area contributed by atoms with Crippen LogP contribution in [0.3, 0.4) is 0 Å². The largest absolute Gasteiger partial charge is 2.00 e. The van der Waals surface area contributed by atoms with Crippen molar-refractivity contribution in [3.05, 3.63) is 24.3 Å². The number of allylic oxidation sites excluding steroid dienone is 4. The van der Waals surface area contributed by atoms with Crippen LogP contribution in [-0.2, 0) is 38.7 Å². The molecule has 0 unspecified atom stereocenters. The van der Waals surface area contributed by atoms with Crippen LogP contribution in [0.5, 0.6) is 0 Å². The van der Waals surface area contributed by atoms with E-state index in [0.717, 1.165) is 51.4 Å². The van der Waals surface area contributed by atoms with Crippen LogP contribution in [0.15, 0.2) is 24.3 Å². The predicted octanol–water partition coefficient (Wildman–Crippen LogP) is 8.46. The molecule has 0 N–H and O–H groups in total. The number of carbonyl (C=O) groups is 4. The zero-order valence-electron chi connectivity index (χ0n) is 33.6. The van der Waals surface area contributed by atoms with Gasteiger partial charge in [0.25, 0.3) is 0 Å². The van der Waals surface area contributed by atoms with Crippen molar-refractivity contribution in [3.63, 3.8) is 0 Å². The van der Waals surface area contributed by atoms with Crippen molar-refractivity contribution in [3.8, 4) is 0 Å². The quantitative estimate of drug-likeness (QED) is 0.0368. The molecular formula is C42H76N2O6Zn. The van der Waals surface area contributed by atoms with Crippen molar-refractivity contribution < 1.29 is 48.9 Å². The van der Waals surface area contributed by atoms with Crippen molar-refractivity contribution in [2.24, 2.45) is 0 Å². The second kappa shape index (κ2) is 42.4. The van der Waals surface area contributed by atoms with Gasteiger partial charge in [-0.05, 0) is 64.2 Å². The molecule has 0 spiro atoms. The molecule has 9 heteroatoms. The Morgan fingerprint density at radius 1 is 0.412 bits per heavy atom. The molecule has 0 aliphatic heterocycles. The van der Waals surface area contributed by atoms with Gasteiger partial charge in [-0.25, -0.2) is 0 Å². The third kappa shape index (κ3) is 44.1. The van der Waals surface area contributed by atoms with E-state index in [9.17, 15) is 29.4 Å². The Balaban J connectivity index is -0.000000886. The Kier molecular flexibility index (Phi) is 44.3. The standard InChI is InChI=1S/2C21H39NO3.Zn/c2*1-3-4-5-6-7-8-9-10-11-12-13-14-15-16-17-18-20(23)22(2)19-21(24)25;/h2*10-11H,3-9,12-19H2,1-2H3,(H,24,25);/q;;+2/p-2. The van der Waals surface area contributed by atoms with Crippen LogP contribution in [0.1, 0.15) is 194 Å². The minimum Gasteiger partial charge on any atom is -0.548 e. The number of hydrogen-bond donors (Lipinski definition) is 0. The van der Waals surface area contributed by atoms with E-state index in [1.165, 1.54) is 139 Å². The molecule has 292 valence electrons. The van der Waals surface area contributed by atoms with Gasteiger partial charge in [-0.15, -0.1) is 0 Å². The Bertz CT molecular complexity index is 809. The molecule has 8 nitrogen and oxygen atoms in total. The summed E-state index contributed by atoms with van der Waals surface area (Å²) >= 11 is 0. The maximum absolute atomic E-state index is 11.6. The molecule has 0 saturated heterocycles. The van der Waals surface area contributed by atoms with Crippen molar-refractivity contribution >= 4 is 23.8 Å². The van der Waals surface area contributed by atoms with E-state index < -0.39 is 11.9 Å². The summed E-state index contributed by atoms with van der Waals surface area (Å²) in [7, 11) is 3.02. The van der Waals surface area contributed by atoms with E-state index in [1.807, 2.05) is 0 Å². The Morgan fingerprint density at radius 3 is 0.902 bits per heavy atom. The zero-order valence-corrected chi connectivity index (χ0v) is 36.5. The van der Waals surface area contributed by atoms with Gasteiger partial charge in [0.1, 0.15) is 0 Å². The molecule has 0 saturated carbocycles. The summed E-state index contributed by atoms with van der Waals surface area (Å²) < 4.78 is 0. The average molecular weight is 770 g/mol. The van der Waals surface area contributed by atoms with Gasteiger partial charge in [0.05, 0.1) is 25.0 Å². The molecule has 51 heavy (non-hydrogen) atoms. The number of amides is 2. The summed E-state index contributed by atoms with van der Waals surface area (Å²) in [5.41, 5.74) is 0. The number of carboxylic acid groups (broad SMARTS) is 2. The number of carbonyl (C=O) groups excluding carboxylic acids is 4. The summed E-state index contributed by atoms with van der Waals surface area (Å²) in [6.45, 7) is 3.87. The number of unbranched alkanes of at least 4 members (excludes halogenated alkanes) is 22. The van der Waals surface area contributed by atoms with Crippen molar-refractivity contribution in [2.45, 2.75) is 194 Å². The summed E-state index contributed by atoms with van der Waals surface area (Å²) in [5.74, 6) is -2.63. The third-order valence-corrected chi connectivity index (χ3v) is 8.89. The molecule has 0 heterocycles. The molecule has 0 atom stereocenters. The van der Waals surface area contributed by atoms with Crippen LogP contribution < -0.4 is 10.2 Å². The normalized spacial score (nSPS) is 10.9. The summed E-state index contributed by atoms with van der Waals surface area (Å²) in [4.78, 5) is 46.6. The summed E-state index contributed by atoms with van der Waals surface area (Å²) in [5, 5.41) is 20.8. The minimum absolute atomic E-state index is 0. The van der Waals surface area contributed by atoms with Gasteiger partial charge in [0.2, 0.25) is 11.8 Å². The van der Waals surface area contributed by atoms with Crippen LogP contribution in [0.4, 0.5) is 0 Å². The van der Waals surface area contributed by atoms with Crippen LogP contribution >= 0.6 is 0 Å². The molecule has 0 aliphatic rings. The number of aliphatic carboxylic acids is 2. The molecule has 2 amide bonds. The number of carboxylic acids is 2. The van der Waals surface area contributed by atoms with Crippen LogP contribution in [0, 0.1) is 0 Å². The Labute approximate surface area is 326 Å². The van der Waals surface area contributed by atoms with Crippen molar-refractivity contribution in [1.82, 2.24) is 9.80 Å². The molecule has 0 aromatic carbocycles. The second-order valence-electron chi connectivity index (χ2n) is 13.9. The number of rotatable bonds is 34. The van der Waals surface area contributed by atoms with Crippen LogP contribution in [0.25, 0.3) is 0 Å². The summed E-state index contributed by atoms with van der Waals surface area (Å²) in [6, 6.07) is 0. The molecular weight excluding hydrogens is 694 g/mol. The first-order chi connectivity index (χ1) is 24.1. The van der Waals surface area contributed by atoms with E-state index >= 15 is 0 Å². The molecule has 0 bridgehead atoms. The number of likely N-dealkylation sites (N-methyl/N-ethyl adjacent to an activating group) is 2. The fraction of sp³-hybridized carbons (Fsp3) is 0.810. The molecule has 0 aliphatic carbocycles. The Morgan fingerprint density at radius 2 is 0.647 bits per heavy atom. The molecule has 0 fully saturated rings. The Hall–Kier alpha value is -2.02. The van der Waals surface area contributed by atoms with Gasteiger partial charge < -0.3 is 29.6 Å². The van der Waals surface area contributed by atoms with Gasteiger partial charge >= 0.3 is 19.5 Å². The minimum atomic E-state index is -1.21. The van der Waals surface area contributed by atoms with E-state index in [-0.39, 0.29) is 44.4 Å². The zero-order chi connectivity index (χ0) is 37.5. The summed E-state index contributed by atoms with van der Waals surface area (Å²) in [6.07, 6.45) is 42.0. The van der Waals surface area contributed by atoms with Gasteiger partial charge in [-0.1, -0.05) is 141 Å². The SMILES string of the molecule is CCCCCCCCC=CCCCCCCCC(=O)N(C)CC(=O)[O-].CCCCCCCCC=CCCCCCCCC(=O)N(C)CC(=O)[O-].[Zn+2]. The van der Waals surface area contributed by atoms with E-state index in [1.54, 1.807) is 0 Å². The van der Waals surface area contributed by atoms with E-state index in [0.29, 0.717) is 12.8 Å². The molecule has 0 aromatic heterocycles. The molecule has 0 radical (unpaired) electrons.